The molecule has 4 rings (SSSR count). The molecule has 7 heteroatoms. The van der Waals surface area contributed by atoms with Crippen LogP contribution in [-0.4, -0.2) is 33.7 Å². The third-order valence-electron chi connectivity index (χ3n) is 5.79. The molecule has 1 spiro atoms. The van der Waals surface area contributed by atoms with Gasteiger partial charge in [0.05, 0.1) is 11.8 Å². The molecule has 1 atom stereocenters. The molecule has 1 fully saturated rings. The van der Waals surface area contributed by atoms with Crippen LogP contribution >= 0.6 is 11.6 Å². The molecule has 1 saturated heterocycles. The van der Waals surface area contributed by atoms with Gasteiger partial charge < -0.3 is 10.5 Å². The Balaban J connectivity index is 1.54. The number of aromatic nitrogens is 2. The Bertz CT molecular complexity index is 855. The van der Waals surface area contributed by atoms with E-state index in [2.05, 4.69) is 16.9 Å². The summed E-state index contributed by atoms with van der Waals surface area (Å²) in [6.07, 6.45) is 2.87. The Morgan fingerprint density at radius 3 is 2.77 bits per heavy atom. The monoisotopic (exact) mass is 374 g/mol. The quantitative estimate of drug-likeness (QED) is 0.895. The van der Waals surface area contributed by atoms with Gasteiger partial charge in [0, 0.05) is 43.0 Å². The summed E-state index contributed by atoms with van der Waals surface area (Å²) in [6, 6.07) is 5.59. The molecule has 2 N–H and O–H groups in total. The molecule has 1 aromatic carbocycles. The minimum absolute atomic E-state index is 0.445. The summed E-state index contributed by atoms with van der Waals surface area (Å²) in [6.45, 7) is 4.72. The van der Waals surface area contributed by atoms with Gasteiger partial charge in [-0.1, -0.05) is 17.7 Å². The first-order valence-corrected chi connectivity index (χ1v) is 9.24. The van der Waals surface area contributed by atoms with Gasteiger partial charge in [0.1, 0.15) is 0 Å². The molecule has 2 aliphatic rings. The van der Waals surface area contributed by atoms with Crippen LogP contribution in [0.4, 0.5) is 0 Å². The normalized spacial score (nSPS) is 21.9. The summed E-state index contributed by atoms with van der Waals surface area (Å²) in [7, 11) is 1.96. The van der Waals surface area contributed by atoms with Crippen LogP contribution in [-0.2, 0) is 28.7 Å². The Morgan fingerprint density at radius 1 is 1.42 bits per heavy atom. The first kappa shape index (κ1) is 17.5. The van der Waals surface area contributed by atoms with E-state index in [1.807, 2.05) is 30.1 Å². The topological polar surface area (TPSA) is 73.4 Å². The summed E-state index contributed by atoms with van der Waals surface area (Å²) in [5.74, 6) is -0.445. The van der Waals surface area contributed by atoms with Gasteiger partial charge in [-0.05, 0) is 43.0 Å². The molecule has 2 aliphatic heterocycles. The van der Waals surface area contributed by atoms with Crippen molar-refractivity contribution < 1.29 is 9.53 Å². The molecule has 6 nitrogen and oxygen atoms in total. The van der Waals surface area contributed by atoms with Crippen LogP contribution in [0, 0.1) is 6.92 Å². The first-order valence-electron chi connectivity index (χ1n) is 8.86. The molecule has 0 radical (unpaired) electrons. The number of fused-ring (bicyclic) bond motifs is 2. The number of nitrogens with two attached hydrogens (primary N) is 1. The molecule has 26 heavy (non-hydrogen) atoms. The Kier molecular flexibility index (Phi) is 4.29. The van der Waals surface area contributed by atoms with Gasteiger partial charge in [0.15, 0.2) is 6.10 Å². The minimum Gasteiger partial charge on any atom is -0.367 e. The summed E-state index contributed by atoms with van der Waals surface area (Å²) in [4.78, 5) is 14.3. The molecular formula is C19H23ClN4O2. The first-order chi connectivity index (χ1) is 12.4. The zero-order chi connectivity index (χ0) is 18.5. The van der Waals surface area contributed by atoms with Crippen molar-refractivity contribution in [1.82, 2.24) is 14.7 Å². The van der Waals surface area contributed by atoms with Gasteiger partial charge in [0.25, 0.3) is 5.91 Å². The summed E-state index contributed by atoms with van der Waals surface area (Å²) < 4.78 is 8.13. The predicted octanol–water partition coefficient (Wildman–Crippen LogP) is 2.43. The second-order valence-electron chi connectivity index (χ2n) is 7.28. The second-order valence-corrected chi connectivity index (χ2v) is 7.72. The van der Waals surface area contributed by atoms with Crippen LogP contribution in [0.2, 0.25) is 5.02 Å². The molecule has 3 heterocycles. The van der Waals surface area contributed by atoms with E-state index >= 15 is 0 Å². The molecule has 138 valence electrons. The lowest BCUT2D eigenvalue weighted by Crippen LogP contribution is -2.42. The standard InChI is InChI=1S/C19H23ClN4O2/c1-12-13(10-22-23(12)2)11-24-7-5-19(6-8-24)16-9-14(20)3-4-15(16)17(26-19)18(21)25/h3-4,9-10,17H,5-8,11H2,1-2H3,(H2,21,25). The number of carbonyl (C=O) groups excluding carboxylic acids is 1. The molecule has 1 unspecified atom stereocenters. The summed E-state index contributed by atoms with van der Waals surface area (Å²) >= 11 is 6.22. The van der Waals surface area contributed by atoms with Gasteiger partial charge in [0.2, 0.25) is 0 Å². The number of likely N-dealkylation sites (tertiary alicyclic amines) is 1. The van der Waals surface area contributed by atoms with Gasteiger partial charge in [-0.3, -0.25) is 14.4 Å². The van der Waals surface area contributed by atoms with Crippen LogP contribution < -0.4 is 5.73 Å². The van der Waals surface area contributed by atoms with Crippen molar-refractivity contribution in [1.29, 1.82) is 0 Å². The highest BCUT2D eigenvalue weighted by Crippen LogP contribution is 2.50. The Hall–Kier alpha value is -1.89. The van der Waals surface area contributed by atoms with Crippen LogP contribution in [0.1, 0.15) is 41.3 Å². The van der Waals surface area contributed by atoms with Gasteiger partial charge in [-0.25, -0.2) is 0 Å². The third kappa shape index (κ3) is 2.82. The van der Waals surface area contributed by atoms with E-state index in [1.165, 1.54) is 11.3 Å². The third-order valence-corrected chi connectivity index (χ3v) is 6.02. The van der Waals surface area contributed by atoms with Crippen LogP contribution in [0.5, 0.6) is 0 Å². The van der Waals surface area contributed by atoms with E-state index in [4.69, 9.17) is 22.1 Å². The Morgan fingerprint density at radius 2 is 2.15 bits per heavy atom. The lowest BCUT2D eigenvalue weighted by molar-refractivity contribution is -0.148. The number of aryl methyl sites for hydroxylation is 1. The highest BCUT2D eigenvalue weighted by molar-refractivity contribution is 6.30. The molecule has 1 amide bonds. The molecule has 0 bridgehead atoms. The van der Waals surface area contributed by atoms with Crippen molar-refractivity contribution in [2.24, 2.45) is 12.8 Å². The largest absolute Gasteiger partial charge is 0.367 e. The number of amides is 1. The van der Waals surface area contributed by atoms with E-state index in [1.54, 1.807) is 6.07 Å². The number of benzene rings is 1. The van der Waals surface area contributed by atoms with E-state index < -0.39 is 17.6 Å². The molecule has 0 saturated carbocycles. The summed E-state index contributed by atoms with van der Waals surface area (Å²) in [5, 5.41) is 4.98. The molecule has 2 aromatic rings. The number of rotatable bonds is 3. The van der Waals surface area contributed by atoms with Crippen molar-refractivity contribution >= 4 is 17.5 Å². The van der Waals surface area contributed by atoms with Crippen molar-refractivity contribution in [3.05, 3.63) is 51.8 Å². The highest BCUT2D eigenvalue weighted by Gasteiger charge is 2.48. The average molecular weight is 375 g/mol. The maximum absolute atomic E-state index is 11.9. The highest BCUT2D eigenvalue weighted by atomic mass is 35.5. The van der Waals surface area contributed by atoms with Crippen molar-refractivity contribution in [3.63, 3.8) is 0 Å². The van der Waals surface area contributed by atoms with Crippen molar-refractivity contribution in [2.45, 2.75) is 38.0 Å². The van der Waals surface area contributed by atoms with E-state index in [0.29, 0.717) is 5.02 Å². The van der Waals surface area contributed by atoms with Gasteiger partial charge in [-0.15, -0.1) is 0 Å². The number of carbonyl (C=O) groups is 1. The van der Waals surface area contributed by atoms with E-state index in [0.717, 1.165) is 43.6 Å². The zero-order valence-corrected chi connectivity index (χ0v) is 15.8. The fourth-order valence-electron chi connectivity index (χ4n) is 4.12. The second kappa shape index (κ2) is 6.37. The van der Waals surface area contributed by atoms with Crippen molar-refractivity contribution in [2.75, 3.05) is 13.1 Å². The smallest absolute Gasteiger partial charge is 0.251 e. The predicted molar refractivity (Wildman–Crippen MR) is 98.6 cm³/mol. The fraction of sp³-hybridized carbons (Fsp3) is 0.474. The van der Waals surface area contributed by atoms with E-state index in [9.17, 15) is 4.79 Å². The Labute approximate surface area is 157 Å². The van der Waals surface area contributed by atoms with E-state index in [-0.39, 0.29) is 0 Å². The minimum atomic E-state index is -0.686. The van der Waals surface area contributed by atoms with Crippen LogP contribution in [0.15, 0.2) is 24.4 Å². The fourth-order valence-corrected chi connectivity index (χ4v) is 4.29. The number of piperidine rings is 1. The number of ether oxygens (including phenoxy) is 1. The van der Waals surface area contributed by atoms with Crippen molar-refractivity contribution in [3.8, 4) is 0 Å². The number of halogens is 1. The molecular weight excluding hydrogens is 352 g/mol. The van der Waals surface area contributed by atoms with Crippen LogP contribution in [0.25, 0.3) is 0 Å². The number of hydrogen-bond acceptors (Lipinski definition) is 4. The zero-order valence-electron chi connectivity index (χ0n) is 15.0. The average Bonchev–Trinajstić information content (AvgIpc) is 3.10. The van der Waals surface area contributed by atoms with Gasteiger partial charge >= 0.3 is 0 Å². The number of hydrogen-bond donors (Lipinski definition) is 1. The SMILES string of the molecule is Cc1c(CN2CCC3(CC2)OC(C(N)=O)c2ccc(Cl)cc23)cnn1C. The maximum Gasteiger partial charge on any atom is 0.251 e. The maximum atomic E-state index is 11.9. The molecule has 1 aromatic heterocycles. The molecule has 0 aliphatic carbocycles. The van der Waals surface area contributed by atoms with Gasteiger partial charge in [-0.2, -0.15) is 5.10 Å². The van der Waals surface area contributed by atoms with Crippen LogP contribution in [0.3, 0.4) is 0 Å². The number of primary amides is 1. The summed E-state index contributed by atoms with van der Waals surface area (Å²) in [5.41, 5.74) is 9.41. The lowest BCUT2D eigenvalue weighted by atomic mass is 9.83. The number of nitrogens with zero attached hydrogens (tertiary/aromatic N) is 3. The lowest BCUT2D eigenvalue weighted by Gasteiger charge is -2.39.